The Balaban J connectivity index is 2.36. The van der Waals surface area contributed by atoms with Crippen molar-refractivity contribution in [3.8, 4) is 0 Å². The molecule has 12 heavy (non-hydrogen) atoms. The third-order valence-corrected chi connectivity index (χ3v) is 3.15. The van der Waals surface area contributed by atoms with Gasteiger partial charge in [-0.15, -0.1) is 0 Å². The first kappa shape index (κ1) is 10.4. The van der Waals surface area contributed by atoms with Crippen molar-refractivity contribution in [3.63, 3.8) is 0 Å². The summed E-state index contributed by atoms with van der Waals surface area (Å²) >= 11 is 3.32. The van der Waals surface area contributed by atoms with E-state index in [4.69, 9.17) is 0 Å². The summed E-state index contributed by atoms with van der Waals surface area (Å²) in [4.78, 5) is 0. The number of rotatable bonds is 3. The lowest BCUT2D eigenvalue weighted by Crippen LogP contribution is -2.30. The highest BCUT2D eigenvalue weighted by Crippen LogP contribution is 2.29. The first-order valence-electron chi connectivity index (χ1n) is 4.23. The van der Waals surface area contributed by atoms with E-state index in [0.29, 0.717) is 0 Å². The van der Waals surface area contributed by atoms with Gasteiger partial charge in [-0.05, 0) is 18.8 Å². The Bertz CT molecular complexity index is 132. The van der Waals surface area contributed by atoms with Crippen LogP contribution in [-0.2, 0) is 4.74 Å². The van der Waals surface area contributed by atoms with Crippen LogP contribution in [0.25, 0.3) is 0 Å². The van der Waals surface area contributed by atoms with E-state index in [9.17, 15) is 8.78 Å². The van der Waals surface area contributed by atoms with Gasteiger partial charge in [0.05, 0.1) is 6.10 Å². The summed E-state index contributed by atoms with van der Waals surface area (Å²) < 4.78 is 28.3. The number of hydrogen-bond donors (Lipinski definition) is 0. The molecule has 0 aromatic carbocycles. The molecule has 0 spiro atoms. The molecule has 1 aliphatic rings. The minimum Gasteiger partial charge on any atom is -0.319 e. The van der Waals surface area contributed by atoms with E-state index in [-0.39, 0.29) is 12.0 Å². The van der Waals surface area contributed by atoms with Gasteiger partial charge in [0.2, 0.25) is 0 Å². The van der Waals surface area contributed by atoms with Crippen molar-refractivity contribution in [1.82, 2.24) is 0 Å². The Labute approximate surface area is 79.6 Å². The molecule has 0 radical (unpaired) electrons. The lowest BCUT2D eigenvalue weighted by atomic mass is 9.88. The molecule has 0 aromatic heterocycles. The van der Waals surface area contributed by atoms with E-state index in [1.807, 2.05) is 0 Å². The number of halogens is 3. The normalized spacial score (nSPS) is 31.0. The first-order chi connectivity index (χ1) is 5.74. The Morgan fingerprint density at radius 3 is 2.58 bits per heavy atom. The lowest BCUT2D eigenvalue weighted by molar-refractivity contribution is -0.180. The van der Waals surface area contributed by atoms with Gasteiger partial charge in [0, 0.05) is 5.33 Å². The van der Waals surface area contributed by atoms with Crippen LogP contribution in [0.4, 0.5) is 8.78 Å². The van der Waals surface area contributed by atoms with E-state index >= 15 is 0 Å². The fourth-order valence-electron chi connectivity index (χ4n) is 1.66. The van der Waals surface area contributed by atoms with Crippen LogP contribution in [0.1, 0.15) is 25.7 Å². The van der Waals surface area contributed by atoms with Gasteiger partial charge < -0.3 is 4.74 Å². The summed E-state index contributed by atoms with van der Waals surface area (Å²) in [6, 6.07) is 0. The van der Waals surface area contributed by atoms with Crippen LogP contribution in [-0.4, -0.2) is 18.0 Å². The second-order valence-corrected chi connectivity index (χ2v) is 3.78. The molecule has 1 fully saturated rings. The molecule has 1 nitrogen and oxygen atoms in total. The van der Waals surface area contributed by atoms with Gasteiger partial charge >= 0.3 is 6.61 Å². The molecule has 2 unspecified atom stereocenters. The van der Waals surface area contributed by atoms with Crippen molar-refractivity contribution in [3.05, 3.63) is 0 Å². The van der Waals surface area contributed by atoms with Gasteiger partial charge in [-0.25, -0.2) is 0 Å². The predicted octanol–water partition coefficient (Wildman–Crippen LogP) is 3.18. The van der Waals surface area contributed by atoms with Crippen molar-refractivity contribution in [2.45, 2.75) is 38.4 Å². The molecule has 72 valence electrons. The summed E-state index contributed by atoms with van der Waals surface area (Å²) in [6.07, 6.45) is 3.70. The topological polar surface area (TPSA) is 9.23 Å². The summed E-state index contributed by atoms with van der Waals surface area (Å²) in [5, 5.41) is 0.768. The molecule has 1 saturated carbocycles. The van der Waals surface area contributed by atoms with Gasteiger partial charge in [0.15, 0.2) is 0 Å². The summed E-state index contributed by atoms with van der Waals surface area (Å²) in [5.74, 6) is 0.271. The average molecular weight is 243 g/mol. The van der Waals surface area contributed by atoms with Gasteiger partial charge in [0.25, 0.3) is 0 Å². The highest BCUT2D eigenvalue weighted by Gasteiger charge is 2.27. The monoisotopic (exact) mass is 242 g/mol. The van der Waals surface area contributed by atoms with Gasteiger partial charge in [-0.3, -0.25) is 0 Å². The number of alkyl halides is 3. The van der Waals surface area contributed by atoms with Crippen LogP contribution in [0.2, 0.25) is 0 Å². The molecule has 0 N–H and O–H groups in total. The van der Waals surface area contributed by atoms with Crippen LogP contribution < -0.4 is 0 Å². The summed E-state index contributed by atoms with van der Waals surface area (Å²) in [6.45, 7) is -2.62. The number of hydrogen-bond acceptors (Lipinski definition) is 1. The first-order valence-corrected chi connectivity index (χ1v) is 5.35. The second-order valence-electron chi connectivity index (χ2n) is 3.13. The lowest BCUT2D eigenvalue weighted by Gasteiger charge is -2.29. The fraction of sp³-hybridized carbons (Fsp3) is 1.00. The maximum Gasteiger partial charge on any atom is 0.345 e. The molecule has 0 aliphatic heterocycles. The van der Waals surface area contributed by atoms with E-state index < -0.39 is 6.61 Å². The van der Waals surface area contributed by atoms with Crippen LogP contribution in [0.5, 0.6) is 0 Å². The van der Waals surface area contributed by atoms with Crippen molar-refractivity contribution < 1.29 is 13.5 Å². The summed E-state index contributed by atoms with van der Waals surface area (Å²) in [5.41, 5.74) is 0. The molecular weight excluding hydrogens is 230 g/mol. The molecular formula is C8H13BrF2O. The molecule has 1 aliphatic carbocycles. The van der Waals surface area contributed by atoms with E-state index in [1.54, 1.807) is 0 Å². The minimum absolute atomic E-state index is 0.238. The Kier molecular flexibility index (Phi) is 4.43. The van der Waals surface area contributed by atoms with Crippen LogP contribution in [0, 0.1) is 5.92 Å². The van der Waals surface area contributed by atoms with Crippen molar-refractivity contribution >= 4 is 15.9 Å². The largest absolute Gasteiger partial charge is 0.345 e. The molecule has 2 atom stereocenters. The molecule has 0 bridgehead atoms. The van der Waals surface area contributed by atoms with Gasteiger partial charge in [-0.1, -0.05) is 28.8 Å². The quantitative estimate of drug-likeness (QED) is 0.691. The third kappa shape index (κ3) is 2.98. The van der Waals surface area contributed by atoms with E-state index in [0.717, 1.165) is 31.0 Å². The Morgan fingerprint density at radius 2 is 2.00 bits per heavy atom. The zero-order valence-electron chi connectivity index (χ0n) is 6.81. The van der Waals surface area contributed by atoms with Crippen LogP contribution >= 0.6 is 15.9 Å². The van der Waals surface area contributed by atoms with Crippen LogP contribution in [0.15, 0.2) is 0 Å². The number of ether oxygens (including phenoxy) is 1. The highest BCUT2D eigenvalue weighted by atomic mass is 79.9. The smallest absolute Gasteiger partial charge is 0.319 e. The van der Waals surface area contributed by atoms with Gasteiger partial charge in [-0.2, -0.15) is 8.78 Å². The van der Waals surface area contributed by atoms with E-state index in [1.165, 1.54) is 0 Å². The Morgan fingerprint density at radius 1 is 1.33 bits per heavy atom. The molecule has 0 heterocycles. The highest BCUT2D eigenvalue weighted by molar-refractivity contribution is 9.09. The predicted molar refractivity (Wildman–Crippen MR) is 46.6 cm³/mol. The second kappa shape index (κ2) is 5.12. The zero-order valence-corrected chi connectivity index (χ0v) is 8.40. The molecule has 0 saturated heterocycles. The molecule has 4 heteroatoms. The standard InChI is InChI=1S/C8H13BrF2O/c9-5-6-3-1-2-4-7(6)12-8(10)11/h6-8H,1-5H2. The van der Waals surface area contributed by atoms with Crippen LogP contribution in [0.3, 0.4) is 0 Å². The average Bonchev–Trinajstić information content (AvgIpc) is 2.04. The molecule has 0 amide bonds. The SMILES string of the molecule is FC(F)OC1CCCCC1CBr. The molecule has 1 rings (SSSR count). The Hall–Kier alpha value is 0.300. The minimum atomic E-state index is -2.62. The fourth-order valence-corrected chi connectivity index (χ4v) is 2.40. The van der Waals surface area contributed by atoms with E-state index in [2.05, 4.69) is 20.7 Å². The van der Waals surface area contributed by atoms with Gasteiger partial charge in [0.1, 0.15) is 0 Å². The summed E-state index contributed by atoms with van der Waals surface area (Å²) in [7, 11) is 0. The van der Waals surface area contributed by atoms with Crippen molar-refractivity contribution in [2.24, 2.45) is 5.92 Å². The van der Waals surface area contributed by atoms with Crippen molar-refractivity contribution in [1.29, 1.82) is 0 Å². The third-order valence-electron chi connectivity index (χ3n) is 2.32. The maximum absolute atomic E-state index is 11.9. The zero-order chi connectivity index (χ0) is 8.97. The maximum atomic E-state index is 11.9. The molecule has 0 aromatic rings. The van der Waals surface area contributed by atoms with Crippen molar-refractivity contribution in [2.75, 3.05) is 5.33 Å².